The molecule has 0 bridgehead atoms. The van der Waals surface area contributed by atoms with Gasteiger partial charge in [-0.15, -0.1) is 0 Å². The zero-order chi connectivity index (χ0) is 12.5. The van der Waals surface area contributed by atoms with Gasteiger partial charge in [-0.3, -0.25) is 9.78 Å². The molecule has 90 valence electrons. The van der Waals surface area contributed by atoms with Gasteiger partial charge in [0.25, 0.3) is 0 Å². The molecule has 1 aromatic rings. The normalized spacial score (nSPS) is 9.41. The number of hydrogen-bond acceptors (Lipinski definition) is 4. The van der Waals surface area contributed by atoms with Crippen molar-refractivity contribution < 1.29 is 14.6 Å². The van der Waals surface area contributed by atoms with E-state index in [1.165, 1.54) is 0 Å². The van der Waals surface area contributed by atoms with E-state index in [0.717, 1.165) is 19.3 Å². The summed E-state index contributed by atoms with van der Waals surface area (Å²) < 4.78 is 0. The molecule has 17 heavy (non-hydrogen) atoms. The molecule has 1 rings (SSSR count). The second-order valence-corrected chi connectivity index (χ2v) is 3.60. The van der Waals surface area contributed by atoms with Crippen molar-refractivity contribution in [1.82, 2.24) is 0 Å². The van der Waals surface area contributed by atoms with Crippen molar-refractivity contribution in [3.8, 4) is 11.8 Å². The number of carbonyl (C=O) groups is 1. The first-order valence-corrected chi connectivity index (χ1v) is 5.64. The maximum Gasteiger partial charge on any atom is 0.355 e. The molecule has 0 saturated heterocycles. The Balaban J connectivity index is 2.40. The Bertz CT molecular complexity index is 409. The molecular weight excluding hydrogens is 218 g/mol. The van der Waals surface area contributed by atoms with Gasteiger partial charge in [0.05, 0.1) is 12.0 Å². The molecule has 0 N–H and O–H groups in total. The highest BCUT2D eigenvalue weighted by molar-refractivity contribution is 5.68. The SMILES string of the molecule is CCCCCC(=O)OOc1ccccc1C#N. The van der Waals surface area contributed by atoms with Crippen LogP contribution in [0, 0.1) is 11.3 Å². The molecule has 4 heteroatoms. The molecule has 0 aliphatic carbocycles. The fourth-order valence-electron chi connectivity index (χ4n) is 1.28. The molecule has 0 saturated carbocycles. The molecule has 0 aliphatic heterocycles. The lowest BCUT2D eigenvalue weighted by Gasteiger charge is -2.05. The fraction of sp³-hybridized carbons (Fsp3) is 0.385. The molecule has 0 spiro atoms. The van der Waals surface area contributed by atoms with Crippen LogP contribution in [0.5, 0.6) is 5.75 Å². The van der Waals surface area contributed by atoms with Gasteiger partial charge in [-0.1, -0.05) is 31.9 Å². The number of nitriles is 1. The van der Waals surface area contributed by atoms with Crippen molar-refractivity contribution >= 4 is 5.97 Å². The van der Waals surface area contributed by atoms with Gasteiger partial charge in [0.1, 0.15) is 6.07 Å². The highest BCUT2D eigenvalue weighted by atomic mass is 17.2. The van der Waals surface area contributed by atoms with Crippen molar-refractivity contribution in [3.05, 3.63) is 29.8 Å². The first kappa shape index (κ1) is 13.0. The van der Waals surface area contributed by atoms with Crippen molar-refractivity contribution in [1.29, 1.82) is 5.26 Å². The van der Waals surface area contributed by atoms with Gasteiger partial charge < -0.3 is 0 Å². The second-order valence-electron chi connectivity index (χ2n) is 3.60. The Morgan fingerprint density at radius 2 is 2.12 bits per heavy atom. The third-order valence-electron chi connectivity index (χ3n) is 2.22. The maximum absolute atomic E-state index is 11.3. The van der Waals surface area contributed by atoms with Crippen LogP contribution in [0.2, 0.25) is 0 Å². The van der Waals surface area contributed by atoms with E-state index < -0.39 is 5.97 Å². The van der Waals surface area contributed by atoms with E-state index in [4.69, 9.17) is 10.1 Å². The Kier molecular flexibility index (Phi) is 5.59. The number of carbonyl (C=O) groups excluding carboxylic acids is 1. The van der Waals surface area contributed by atoms with E-state index >= 15 is 0 Å². The minimum absolute atomic E-state index is 0.263. The molecular formula is C13H15NO3. The average molecular weight is 233 g/mol. The average Bonchev–Trinajstić information content (AvgIpc) is 2.37. The van der Waals surface area contributed by atoms with E-state index in [0.29, 0.717) is 12.0 Å². The number of hydrogen-bond donors (Lipinski definition) is 0. The lowest BCUT2D eigenvalue weighted by Crippen LogP contribution is -2.08. The summed E-state index contributed by atoms with van der Waals surface area (Å²) in [7, 11) is 0. The molecule has 1 aromatic carbocycles. The summed E-state index contributed by atoms with van der Waals surface area (Å²) in [6.45, 7) is 2.06. The summed E-state index contributed by atoms with van der Waals surface area (Å²) in [4.78, 5) is 20.7. The van der Waals surface area contributed by atoms with Crippen LogP contribution in [0.15, 0.2) is 24.3 Å². The van der Waals surface area contributed by atoms with Gasteiger partial charge >= 0.3 is 5.97 Å². The van der Waals surface area contributed by atoms with Crippen LogP contribution in [0.4, 0.5) is 0 Å². The van der Waals surface area contributed by atoms with Crippen LogP contribution < -0.4 is 4.89 Å². The summed E-state index contributed by atoms with van der Waals surface area (Å²) in [5.41, 5.74) is 0.342. The predicted octanol–water partition coefficient (Wildman–Crippen LogP) is 2.98. The maximum atomic E-state index is 11.3. The van der Waals surface area contributed by atoms with Crippen LogP contribution >= 0.6 is 0 Å². The summed E-state index contributed by atoms with van der Waals surface area (Å²) >= 11 is 0. The first-order chi connectivity index (χ1) is 8.27. The van der Waals surface area contributed by atoms with Crippen LogP contribution in [-0.2, 0) is 9.68 Å². The topological polar surface area (TPSA) is 59.3 Å². The quantitative estimate of drug-likeness (QED) is 0.430. The molecule has 0 fully saturated rings. The van der Waals surface area contributed by atoms with Gasteiger partial charge in [-0.05, 0) is 18.6 Å². The highest BCUT2D eigenvalue weighted by Gasteiger charge is 2.07. The van der Waals surface area contributed by atoms with Gasteiger partial charge in [-0.25, -0.2) is 4.79 Å². The predicted molar refractivity (Wildman–Crippen MR) is 62.0 cm³/mol. The lowest BCUT2D eigenvalue weighted by molar-refractivity contribution is -0.213. The molecule has 0 aliphatic rings. The van der Waals surface area contributed by atoms with Crippen molar-refractivity contribution in [2.75, 3.05) is 0 Å². The van der Waals surface area contributed by atoms with Crippen LogP contribution in [-0.4, -0.2) is 5.97 Å². The molecule has 0 unspecified atom stereocenters. The molecule has 0 aromatic heterocycles. The third kappa shape index (κ3) is 4.56. The van der Waals surface area contributed by atoms with Crippen molar-refractivity contribution in [3.63, 3.8) is 0 Å². The number of rotatable bonds is 6. The number of benzene rings is 1. The summed E-state index contributed by atoms with van der Waals surface area (Å²) in [5.74, 6) is -0.148. The summed E-state index contributed by atoms with van der Waals surface area (Å²) in [5, 5.41) is 8.79. The van der Waals surface area contributed by atoms with E-state index in [-0.39, 0.29) is 5.75 Å². The zero-order valence-electron chi connectivity index (χ0n) is 9.81. The standard InChI is InChI=1S/C13H15NO3/c1-2-3-4-9-13(15)17-16-12-8-6-5-7-11(12)10-14/h5-8H,2-4,9H2,1H3. The number of nitrogens with zero attached hydrogens (tertiary/aromatic N) is 1. The monoisotopic (exact) mass is 233 g/mol. The van der Waals surface area contributed by atoms with Crippen LogP contribution in [0.25, 0.3) is 0 Å². The van der Waals surface area contributed by atoms with Gasteiger partial charge in [0, 0.05) is 0 Å². The van der Waals surface area contributed by atoms with E-state index in [1.54, 1.807) is 24.3 Å². The van der Waals surface area contributed by atoms with E-state index in [9.17, 15) is 4.79 Å². The Morgan fingerprint density at radius 3 is 2.82 bits per heavy atom. The number of unbranched alkanes of at least 4 members (excludes halogenated alkanes) is 2. The minimum atomic E-state index is -0.411. The van der Waals surface area contributed by atoms with Gasteiger partial charge in [0.15, 0.2) is 5.75 Å². The lowest BCUT2D eigenvalue weighted by atomic mass is 10.2. The fourth-order valence-corrected chi connectivity index (χ4v) is 1.28. The van der Waals surface area contributed by atoms with Crippen molar-refractivity contribution in [2.24, 2.45) is 0 Å². The van der Waals surface area contributed by atoms with Gasteiger partial charge in [0.2, 0.25) is 0 Å². The minimum Gasteiger partial charge on any atom is -0.286 e. The van der Waals surface area contributed by atoms with Gasteiger partial charge in [-0.2, -0.15) is 5.26 Å². The summed E-state index contributed by atoms with van der Waals surface area (Å²) in [6, 6.07) is 8.56. The Morgan fingerprint density at radius 1 is 1.35 bits per heavy atom. The molecule has 0 amide bonds. The zero-order valence-corrected chi connectivity index (χ0v) is 9.81. The Hall–Kier alpha value is -2.02. The highest BCUT2D eigenvalue weighted by Crippen LogP contribution is 2.17. The number of para-hydroxylation sites is 1. The summed E-state index contributed by atoms with van der Waals surface area (Å²) in [6.07, 6.45) is 3.16. The van der Waals surface area contributed by atoms with Crippen LogP contribution in [0.1, 0.15) is 38.2 Å². The third-order valence-corrected chi connectivity index (χ3v) is 2.22. The van der Waals surface area contributed by atoms with E-state index in [2.05, 4.69) is 11.8 Å². The molecule has 0 atom stereocenters. The molecule has 0 radical (unpaired) electrons. The largest absolute Gasteiger partial charge is 0.355 e. The molecule has 0 heterocycles. The second kappa shape index (κ2) is 7.29. The smallest absolute Gasteiger partial charge is 0.286 e. The Labute approximate surface area is 101 Å². The van der Waals surface area contributed by atoms with Crippen molar-refractivity contribution in [2.45, 2.75) is 32.6 Å². The van der Waals surface area contributed by atoms with E-state index in [1.807, 2.05) is 6.07 Å². The van der Waals surface area contributed by atoms with Crippen LogP contribution in [0.3, 0.4) is 0 Å². The molecule has 4 nitrogen and oxygen atoms in total. The first-order valence-electron chi connectivity index (χ1n) is 5.64.